The molecule has 1 aromatic carbocycles. The molecule has 1 saturated carbocycles. The number of nitrogens with one attached hydrogen (secondary N) is 2. The number of carboxylic acid groups (broad SMARTS) is 1. The van der Waals surface area contributed by atoms with Crippen LogP contribution in [-0.2, 0) is 20.9 Å². The molecule has 2 rings (SSSR count). The second kappa shape index (κ2) is 9.43. The van der Waals surface area contributed by atoms with Crippen LogP contribution in [-0.4, -0.2) is 40.9 Å². The SMILES string of the molecule is CC(C)(C)OC(=O)N[C@H]1CCC[C@@H]1[C@H](NC(=O)OCc1ccccc1)C(=O)O. The Kier molecular flexibility index (Phi) is 7.25. The average molecular weight is 392 g/mol. The highest BCUT2D eigenvalue weighted by molar-refractivity contribution is 5.80. The zero-order valence-corrected chi connectivity index (χ0v) is 16.4. The van der Waals surface area contributed by atoms with Gasteiger partial charge in [-0.3, -0.25) is 0 Å². The second-order valence-corrected chi connectivity index (χ2v) is 7.87. The summed E-state index contributed by atoms with van der Waals surface area (Å²) in [6, 6.07) is 7.54. The van der Waals surface area contributed by atoms with Crippen molar-refractivity contribution in [3.63, 3.8) is 0 Å². The molecule has 3 atom stereocenters. The normalized spacial score (nSPS) is 20.1. The fourth-order valence-electron chi connectivity index (χ4n) is 3.27. The number of rotatable bonds is 6. The van der Waals surface area contributed by atoms with Crippen LogP contribution in [0.5, 0.6) is 0 Å². The first-order valence-corrected chi connectivity index (χ1v) is 9.35. The molecule has 28 heavy (non-hydrogen) atoms. The standard InChI is InChI=1S/C20H28N2O6/c1-20(2,3)28-19(26)21-15-11-7-10-14(15)16(17(23)24)22-18(25)27-12-13-8-5-4-6-9-13/h4-6,8-9,14-16H,7,10-12H2,1-3H3,(H,21,26)(H,22,25)(H,23,24)/t14-,15-,16-/m0/s1. The predicted molar refractivity (Wildman–Crippen MR) is 102 cm³/mol. The van der Waals surface area contributed by atoms with Crippen LogP contribution in [0.25, 0.3) is 0 Å². The van der Waals surface area contributed by atoms with Crippen LogP contribution < -0.4 is 10.6 Å². The van der Waals surface area contributed by atoms with Crippen LogP contribution in [0.3, 0.4) is 0 Å². The molecule has 0 heterocycles. The molecule has 0 aliphatic heterocycles. The van der Waals surface area contributed by atoms with E-state index in [0.717, 1.165) is 12.0 Å². The van der Waals surface area contributed by atoms with Crippen molar-refractivity contribution >= 4 is 18.2 Å². The third-order valence-electron chi connectivity index (χ3n) is 4.45. The van der Waals surface area contributed by atoms with Crippen molar-refractivity contribution in [1.29, 1.82) is 0 Å². The van der Waals surface area contributed by atoms with E-state index in [1.807, 2.05) is 18.2 Å². The summed E-state index contributed by atoms with van der Waals surface area (Å²) in [4.78, 5) is 35.9. The third-order valence-corrected chi connectivity index (χ3v) is 4.45. The topological polar surface area (TPSA) is 114 Å². The molecular weight excluding hydrogens is 364 g/mol. The van der Waals surface area contributed by atoms with Gasteiger partial charge in [0, 0.05) is 12.0 Å². The lowest BCUT2D eigenvalue weighted by molar-refractivity contribution is -0.141. The Balaban J connectivity index is 1.94. The highest BCUT2D eigenvalue weighted by Gasteiger charge is 2.40. The van der Waals surface area contributed by atoms with Crippen LogP contribution >= 0.6 is 0 Å². The first-order valence-electron chi connectivity index (χ1n) is 9.35. The number of aliphatic carboxylic acids is 1. The van der Waals surface area contributed by atoms with E-state index in [4.69, 9.17) is 9.47 Å². The lowest BCUT2D eigenvalue weighted by Gasteiger charge is -2.28. The molecule has 0 saturated heterocycles. The molecule has 0 spiro atoms. The van der Waals surface area contributed by atoms with E-state index < -0.39 is 41.8 Å². The molecule has 0 unspecified atom stereocenters. The molecule has 1 aliphatic carbocycles. The Bertz CT molecular complexity index is 686. The predicted octanol–water partition coefficient (Wildman–Crippen LogP) is 3.06. The van der Waals surface area contributed by atoms with Gasteiger partial charge in [-0.1, -0.05) is 36.8 Å². The monoisotopic (exact) mass is 392 g/mol. The van der Waals surface area contributed by atoms with Gasteiger partial charge < -0.3 is 25.2 Å². The number of carbonyl (C=O) groups excluding carboxylic acids is 2. The molecule has 2 amide bonds. The molecule has 8 nitrogen and oxygen atoms in total. The summed E-state index contributed by atoms with van der Waals surface area (Å²) in [6.45, 7) is 5.30. The zero-order chi connectivity index (χ0) is 20.7. The van der Waals surface area contributed by atoms with E-state index in [1.165, 1.54) is 0 Å². The van der Waals surface area contributed by atoms with Crippen molar-refractivity contribution < 1.29 is 29.0 Å². The number of carbonyl (C=O) groups is 3. The van der Waals surface area contributed by atoms with E-state index in [0.29, 0.717) is 12.8 Å². The Hall–Kier alpha value is -2.77. The number of hydrogen-bond donors (Lipinski definition) is 3. The fourth-order valence-corrected chi connectivity index (χ4v) is 3.27. The Morgan fingerprint density at radius 3 is 2.43 bits per heavy atom. The second-order valence-electron chi connectivity index (χ2n) is 7.87. The minimum atomic E-state index is -1.17. The summed E-state index contributed by atoms with van der Waals surface area (Å²) < 4.78 is 10.4. The van der Waals surface area contributed by atoms with Gasteiger partial charge in [0.25, 0.3) is 0 Å². The quantitative estimate of drug-likeness (QED) is 0.686. The van der Waals surface area contributed by atoms with Gasteiger partial charge in [-0.05, 0) is 39.2 Å². The van der Waals surface area contributed by atoms with Crippen LogP contribution in [0.2, 0.25) is 0 Å². The summed E-state index contributed by atoms with van der Waals surface area (Å²) in [6.07, 6.45) is 0.528. The third kappa shape index (κ3) is 6.75. The van der Waals surface area contributed by atoms with Crippen LogP contribution in [0.1, 0.15) is 45.6 Å². The number of hydrogen-bond acceptors (Lipinski definition) is 5. The van der Waals surface area contributed by atoms with Crippen molar-refractivity contribution in [2.75, 3.05) is 0 Å². The lowest BCUT2D eigenvalue weighted by atomic mass is 9.94. The minimum absolute atomic E-state index is 0.0449. The van der Waals surface area contributed by atoms with Gasteiger partial charge in [-0.15, -0.1) is 0 Å². The first kappa shape index (κ1) is 21.5. The largest absolute Gasteiger partial charge is 0.480 e. The van der Waals surface area contributed by atoms with Gasteiger partial charge in [0.15, 0.2) is 0 Å². The highest BCUT2D eigenvalue weighted by atomic mass is 16.6. The molecule has 0 aromatic heterocycles. The Morgan fingerprint density at radius 2 is 1.82 bits per heavy atom. The van der Waals surface area contributed by atoms with Gasteiger partial charge in [-0.25, -0.2) is 14.4 Å². The minimum Gasteiger partial charge on any atom is -0.480 e. The maximum Gasteiger partial charge on any atom is 0.408 e. The molecule has 1 aliphatic rings. The number of alkyl carbamates (subject to hydrolysis) is 2. The molecular formula is C20H28N2O6. The Labute approximate surface area is 164 Å². The van der Waals surface area contributed by atoms with Gasteiger partial charge in [0.1, 0.15) is 18.2 Å². The van der Waals surface area contributed by atoms with Crippen molar-refractivity contribution in [2.45, 2.75) is 64.3 Å². The summed E-state index contributed by atoms with van der Waals surface area (Å²) in [7, 11) is 0. The van der Waals surface area contributed by atoms with Crippen LogP contribution in [0.15, 0.2) is 30.3 Å². The van der Waals surface area contributed by atoms with Gasteiger partial charge in [0.05, 0.1) is 0 Å². The maximum absolute atomic E-state index is 12.1. The van der Waals surface area contributed by atoms with Crippen molar-refractivity contribution in [3.8, 4) is 0 Å². The average Bonchev–Trinajstić information content (AvgIpc) is 3.04. The van der Waals surface area contributed by atoms with E-state index in [-0.39, 0.29) is 6.61 Å². The first-order chi connectivity index (χ1) is 13.2. The van der Waals surface area contributed by atoms with Gasteiger partial charge >= 0.3 is 18.2 Å². The molecule has 3 N–H and O–H groups in total. The molecule has 0 radical (unpaired) electrons. The number of ether oxygens (including phenoxy) is 2. The molecule has 1 aromatic rings. The van der Waals surface area contributed by atoms with Crippen molar-refractivity contribution in [1.82, 2.24) is 10.6 Å². The number of amides is 2. The fraction of sp³-hybridized carbons (Fsp3) is 0.550. The molecule has 8 heteroatoms. The zero-order valence-electron chi connectivity index (χ0n) is 16.4. The summed E-state index contributed by atoms with van der Waals surface area (Å²) in [5.74, 6) is -1.62. The molecule has 154 valence electrons. The van der Waals surface area contributed by atoms with Gasteiger partial charge in [-0.2, -0.15) is 0 Å². The number of carboxylic acids is 1. The van der Waals surface area contributed by atoms with Crippen molar-refractivity contribution in [2.24, 2.45) is 5.92 Å². The van der Waals surface area contributed by atoms with E-state index in [2.05, 4.69) is 10.6 Å². The van der Waals surface area contributed by atoms with Crippen LogP contribution in [0, 0.1) is 5.92 Å². The van der Waals surface area contributed by atoms with Crippen molar-refractivity contribution in [3.05, 3.63) is 35.9 Å². The van der Waals surface area contributed by atoms with E-state index >= 15 is 0 Å². The molecule has 1 fully saturated rings. The van der Waals surface area contributed by atoms with Gasteiger partial charge in [0.2, 0.25) is 0 Å². The maximum atomic E-state index is 12.1. The number of benzene rings is 1. The smallest absolute Gasteiger partial charge is 0.408 e. The molecule has 0 bridgehead atoms. The summed E-state index contributed by atoms with van der Waals surface area (Å²) in [5.41, 5.74) is 0.152. The van der Waals surface area contributed by atoms with Crippen LogP contribution in [0.4, 0.5) is 9.59 Å². The Morgan fingerprint density at radius 1 is 1.14 bits per heavy atom. The van der Waals surface area contributed by atoms with E-state index in [1.54, 1.807) is 32.9 Å². The summed E-state index contributed by atoms with van der Waals surface area (Å²) in [5, 5.41) is 14.8. The highest BCUT2D eigenvalue weighted by Crippen LogP contribution is 2.29. The lowest BCUT2D eigenvalue weighted by Crippen LogP contribution is -2.52. The van der Waals surface area contributed by atoms with E-state index in [9.17, 15) is 19.5 Å². The summed E-state index contributed by atoms with van der Waals surface area (Å²) >= 11 is 0.